The molecule has 9 heteroatoms. The van der Waals surface area contributed by atoms with E-state index < -0.39 is 5.82 Å². The van der Waals surface area contributed by atoms with Crippen LogP contribution in [0, 0.1) is 5.82 Å². The Hall–Kier alpha value is -4.14. The van der Waals surface area contributed by atoms with E-state index in [9.17, 15) is 4.79 Å². The number of hydrogen-bond acceptors (Lipinski definition) is 7. The average molecular weight is 475 g/mol. The third-order valence-corrected chi connectivity index (χ3v) is 6.00. The first-order valence-corrected chi connectivity index (χ1v) is 11.5. The molecule has 2 aromatic carbocycles. The van der Waals surface area contributed by atoms with Crippen LogP contribution in [0.5, 0.6) is 5.75 Å². The summed E-state index contributed by atoms with van der Waals surface area (Å²) in [6.45, 7) is 5.22. The number of rotatable bonds is 9. The van der Waals surface area contributed by atoms with E-state index in [1.807, 2.05) is 47.4 Å². The van der Waals surface area contributed by atoms with Gasteiger partial charge in [-0.1, -0.05) is 36.9 Å². The van der Waals surface area contributed by atoms with Gasteiger partial charge in [0.2, 0.25) is 11.7 Å². The number of ether oxygens (including phenoxy) is 1. The first-order chi connectivity index (χ1) is 17.0. The van der Waals surface area contributed by atoms with Gasteiger partial charge in [0.25, 0.3) is 0 Å². The highest BCUT2D eigenvalue weighted by Crippen LogP contribution is 2.36. The molecule has 3 aromatic rings. The second kappa shape index (κ2) is 9.61. The van der Waals surface area contributed by atoms with E-state index in [-0.39, 0.29) is 30.0 Å². The van der Waals surface area contributed by atoms with E-state index in [0.717, 1.165) is 46.7 Å². The predicted molar refractivity (Wildman–Crippen MR) is 133 cm³/mol. The maximum Gasteiger partial charge on any atom is 0.221 e. The summed E-state index contributed by atoms with van der Waals surface area (Å²) in [6.07, 6.45) is 3.56. The number of carbonyl (C=O) groups excluding carboxylic acids is 1. The highest BCUT2D eigenvalue weighted by atomic mass is 19.1. The smallest absolute Gasteiger partial charge is 0.221 e. The third-order valence-electron chi connectivity index (χ3n) is 6.00. The number of nitrogens with two attached hydrogens (primary N) is 1. The van der Waals surface area contributed by atoms with E-state index in [1.165, 1.54) is 6.33 Å². The molecule has 0 radical (unpaired) electrons. The molecule has 8 nitrogen and oxygen atoms in total. The number of amides is 1. The largest absolute Gasteiger partial charge is 0.485 e. The molecule has 0 saturated heterocycles. The number of aromatic nitrogens is 2. The zero-order valence-corrected chi connectivity index (χ0v) is 19.3. The number of hydrogen-bond donors (Lipinski definition) is 3. The van der Waals surface area contributed by atoms with E-state index in [4.69, 9.17) is 10.5 Å². The third kappa shape index (κ3) is 5.34. The van der Waals surface area contributed by atoms with Gasteiger partial charge >= 0.3 is 0 Å². The second-order valence-electron chi connectivity index (χ2n) is 8.88. The first kappa shape index (κ1) is 22.6. The molecule has 1 aliphatic carbocycles. The van der Waals surface area contributed by atoms with Crippen molar-refractivity contribution in [1.82, 2.24) is 9.97 Å². The van der Waals surface area contributed by atoms with Crippen molar-refractivity contribution >= 4 is 23.2 Å². The quantitative estimate of drug-likeness (QED) is 0.434. The van der Waals surface area contributed by atoms with E-state index in [2.05, 4.69) is 27.2 Å². The molecule has 4 N–H and O–H groups in total. The van der Waals surface area contributed by atoms with Gasteiger partial charge in [-0.3, -0.25) is 4.79 Å². The van der Waals surface area contributed by atoms with E-state index >= 15 is 4.39 Å². The molecule has 35 heavy (non-hydrogen) atoms. The second-order valence-corrected chi connectivity index (χ2v) is 8.88. The number of carbonyl (C=O) groups is 1. The van der Waals surface area contributed by atoms with Crippen LogP contribution >= 0.6 is 0 Å². The monoisotopic (exact) mass is 474 g/mol. The summed E-state index contributed by atoms with van der Waals surface area (Å²) in [6, 6.07) is 13.6. The van der Waals surface area contributed by atoms with Crippen molar-refractivity contribution in [3.8, 4) is 5.75 Å². The number of nitrogens with one attached hydrogen (secondary N) is 2. The summed E-state index contributed by atoms with van der Waals surface area (Å²) in [5.41, 5.74) is 9.71. The lowest BCUT2D eigenvalue weighted by atomic mass is 10.1. The summed E-state index contributed by atoms with van der Waals surface area (Å²) in [4.78, 5) is 21.5. The Balaban J connectivity index is 1.31. The van der Waals surface area contributed by atoms with Crippen molar-refractivity contribution < 1.29 is 13.9 Å². The minimum absolute atomic E-state index is 0.151. The van der Waals surface area contributed by atoms with Gasteiger partial charge in [-0.2, -0.15) is 4.39 Å². The molecule has 2 aliphatic rings. The molecule has 0 atom stereocenters. The van der Waals surface area contributed by atoms with Crippen LogP contribution in [-0.2, 0) is 24.3 Å². The van der Waals surface area contributed by atoms with Crippen LogP contribution in [0.15, 0.2) is 61.1 Å². The topological polar surface area (TPSA) is 105 Å². The fourth-order valence-electron chi connectivity index (χ4n) is 4.08. The lowest BCUT2D eigenvalue weighted by molar-refractivity contribution is -0.117. The molecule has 0 unspecified atom stereocenters. The number of anilines is 3. The van der Waals surface area contributed by atoms with E-state index in [0.29, 0.717) is 19.7 Å². The molecule has 0 bridgehead atoms. The Labute approximate surface area is 203 Å². The number of primary amides is 1. The maximum absolute atomic E-state index is 15.5. The molecule has 1 fully saturated rings. The fourth-order valence-corrected chi connectivity index (χ4v) is 4.08. The molecule has 0 spiro atoms. The number of benzene rings is 2. The maximum atomic E-state index is 15.5. The van der Waals surface area contributed by atoms with Crippen molar-refractivity contribution in [2.75, 3.05) is 22.1 Å². The van der Waals surface area contributed by atoms with Crippen LogP contribution < -0.4 is 26.0 Å². The lowest BCUT2D eigenvalue weighted by Crippen LogP contribution is -2.28. The lowest BCUT2D eigenvalue weighted by Gasteiger charge is -2.26. The molecule has 1 saturated carbocycles. The van der Waals surface area contributed by atoms with Gasteiger partial charge in [-0.25, -0.2) is 9.97 Å². The number of halogens is 1. The number of fused-ring (bicyclic) bond motifs is 1. The van der Waals surface area contributed by atoms with Gasteiger partial charge < -0.3 is 26.0 Å². The molecule has 2 heterocycles. The molecule has 1 amide bonds. The molecular formula is C26H27FN6O2. The van der Waals surface area contributed by atoms with Crippen molar-refractivity contribution in [2.45, 2.75) is 38.4 Å². The molecule has 5 rings (SSSR count). The van der Waals surface area contributed by atoms with Crippen LogP contribution in [-0.4, -0.2) is 28.5 Å². The Morgan fingerprint density at radius 1 is 1.17 bits per heavy atom. The first-order valence-electron chi connectivity index (χ1n) is 11.5. The highest BCUT2D eigenvalue weighted by molar-refractivity contribution is 5.76. The molecule has 180 valence electrons. The predicted octanol–water partition coefficient (Wildman–Crippen LogP) is 3.74. The molecular weight excluding hydrogens is 447 g/mol. The average Bonchev–Trinajstić information content (AvgIpc) is 3.68. The van der Waals surface area contributed by atoms with Crippen molar-refractivity contribution in [2.24, 2.45) is 5.73 Å². The summed E-state index contributed by atoms with van der Waals surface area (Å²) < 4.78 is 21.3. The van der Waals surface area contributed by atoms with Crippen LogP contribution in [0.25, 0.3) is 0 Å². The van der Waals surface area contributed by atoms with Gasteiger partial charge in [0.1, 0.15) is 18.7 Å². The van der Waals surface area contributed by atoms with Gasteiger partial charge in [0.05, 0.1) is 12.1 Å². The Morgan fingerprint density at radius 2 is 1.91 bits per heavy atom. The zero-order valence-electron chi connectivity index (χ0n) is 19.3. The van der Waals surface area contributed by atoms with Crippen LogP contribution in [0.4, 0.5) is 21.7 Å². The van der Waals surface area contributed by atoms with E-state index in [1.54, 1.807) is 0 Å². The van der Waals surface area contributed by atoms with Crippen molar-refractivity contribution in [3.05, 3.63) is 83.6 Å². The highest BCUT2D eigenvalue weighted by Gasteiger charge is 2.33. The van der Waals surface area contributed by atoms with Gasteiger partial charge in [-0.15, -0.1) is 0 Å². The van der Waals surface area contributed by atoms with Gasteiger partial charge in [-0.05, 0) is 41.7 Å². The Bertz CT molecular complexity index is 1260. The van der Waals surface area contributed by atoms with Crippen LogP contribution in [0.2, 0.25) is 0 Å². The standard InChI is InChI=1S/C26H27FN6O2/c1-16-14-35-22-10-19(6-9-21(22)32-16)13-33(20-7-8-20)26-24(27)25(30-15-31-26)29-12-18-4-2-17(3-5-18)11-23(28)34/h2-6,9-10,15,20,32H,1,7-8,11-14H2,(H2,28,34)(H,29,30,31). The SMILES string of the molecule is C=C1COc2cc(CN(c3ncnc(NCc4ccc(CC(N)=O)cc4)c3F)C3CC3)ccc2N1. The van der Waals surface area contributed by atoms with Crippen molar-refractivity contribution in [3.63, 3.8) is 0 Å². The molecule has 1 aromatic heterocycles. The minimum Gasteiger partial charge on any atom is -0.485 e. The molecule has 1 aliphatic heterocycles. The van der Waals surface area contributed by atoms with Gasteiger partial charge in [0, 0.05) is 24.8 Å². The fraction of sp³-hybridized carbons (Fsp3) is 0.269. The van der Waals surface area contributed by atoms with Crippen LogP contribution in [0.3, 0.4) is 0 Å². The minimum atomic E-state index is -0.475. The zero-order chi connectivity index (χ0) is 24.4. The Morgan fingerprint density at radius 3 is 2.66 bits per heavy atom. The summed E-state index contributed by atoms with van der Waals surface area (Å²) in [7, 11) is 0. The number of nitrogens with zero attached hydrogens (tertiary/aromatic N) is 3. The summed E-state index contributed by atoms with van der Waals surface area (Å²) >= 11 is 0. The Kier molecular flexibility index (Phi) is 6.22. The van der Waals surface area contributed by atoms with Crippen molar-refractivity contribution in [1.29, 1.82) is 0 Å². The van der Waals surface area contributed by atoms with Crippen LogP contribution in [0.1, 0.15) is 29.5 Å². The normalized spacial score (nSPS) is 14.5. The summed E-state index contributed by atoms with van der Waals surface area (Å²) in [5, 5.41) is 6.29. The van der Waals surface area contributed by atoms with Gasteiger partial charge in [0.15, 0.2) is 11.6 Å². The summed E-state index contributed by atoms with van der Waals surface area (Å²) in [5.74, 6) is 0.345.